The Hall–Kier alpha value is -2.21. The molecule has 0 saturated heterocycles. The van der Waals surface area contributed by atoms with Crippen molar-refractivity contribution in [2.45, 2.75) is 20.4 Å². The van der Waals surface area contributed by atoms with E-state index in [9.17, 15) is 0 Å². The van der Waals surface area contributed by atoms with Gasteiger partial charge in [0.05, 0.1) is 29.6 Å². The molecule has 0 fully saturated rings. The average molecular weight is 285 g/mol. The number of hydrogen-bond donors (Lipinski definition) is 1. The average Bonchev–Trinajstić information content (AvgIpc) is 3.06. The van der Waals surface area contributed by atoms with Crippen LogP contribution in [-0.4, -0.2) is 19.5 Å². The molecule has 102 valence electrons. The molecule has 3 aromatic heterocycles. The van der Waals surface area contributed by atoms with E-state index in [-0.39, 0.29) is 0 Å². The van der Waals surface area contributed by atoms with Crippen LogP contribution in [-0.2, 0) is 6.54 Å². The zero-order chi connectivity index (χ0) is 13.9. The highest BCUT2D eigenvalue weighted by atomic mass is 32.1. The monoisotopic (exact) mass is 285 g/mol. The van der Waals surface area contributed by atoms with Gasteiger partial charge in [-0.1, -0.05) is 0 Å². The SMILES string of the molecule is Cc1ncsc1CNc1ccc(-n2ccnc2C)nc1. The van der Waals surface area contributed by atoms with Crippen molar-refractivity contribution in [3.05, 3.63) is 52.6 Å². The van der Waals surface area contributed by atoms with Crippen molar-refractivity contribution < 1.29 is 0 Å². The fourth-order valence-electron chi connectivity index (χ4n) is 1.93. The molecule has 6 heteroatoms. The molecule has 0 aromatic carbocycles. The minimum atomic E-state index is 0.779. The van der Waals surface area contributed by atoms with Crippen LogP contribution in [0.25, 0.3) is 5.82 Å². The van der Waals surface area contributed by atoms with Crippen LogP contribution in [0.5, 0.6) is 0 Å². The molecule has 3 aromatic rings. The Balaban J connectivity index is 1.71. The van der Waals surface area contributed by atoms with E-state index in [2.05, 4.69) is 20.3 Å². The van der Waals surface area contributed by atoms with E-state index < -0.39 is 0 Å². The van der Waals surface area contributed by atoms with Crippen LogP contribution in [0.4, 0.5) is 5.69 Å². The maximum atomic E-state index is 4.45. The molecule has 20 heavy (non-hydrogen) atoms. The molecule has 0 spiro atoms. The molecule has 5 nitrogen and oxygen atoms in total. The summed E-state index contributed by atoms with van der Waals surface area (Å²) in [6.45, 7) is 4.76. The van der Waals surface area contributed by atoms with Crippen LogP contribution in [0.15, 0.2) is 36.2 Å². The molecular formula is C14H15N5S. The quantitative estimate of drug-likeness (QED) is 0.800. The number of thiazole rings is 1. The Morgan fingerprint density at radius 1 is 1.20 bits per heavy atom. The minimum absolute atomic E-state index is 0.779. The highest BCUT2D eigenvalue weighted by Crippen LogP contribution is 2.16. The van der Waals surface area contributed by atoms with Gasteiger partial charge in [-0.2, -0.15) is 0 Å². The van der Waals surface area contributed by atoms with Gasteiger partial charge in [-0.05, 0) is 26.0 Å². The third-order valence-corrected chi connectivity index (χ3v) is 4.05. The number of imidazole rings is 1. The lowest BCUT2D eigenvalue weighted by Crippen LogP contribution is -2.02. The Bertz CT molecular complexity index is 698. The number of nitrogens with one attached hydrogen (secondary N) is 1. The highest BCUT2D eigenvalue weighted by molar-refractivity contribution is 7.09. The standard InChI is InChI=1S/C14H15N5S/c1-10-13(20-9-18-10)8-16-12-3-4-14(17-7-12)19-6-5-15-11(19)2/h3-7,9,16H,8H2,1-2H3. The van der Waals surface area contributed by atoms with E-state index in [0.29, 0.717) is 0 Å². The van der Waals surface area contributed by atoms with Crippen LogP contribution in [0.2, 0.25) is 0 Å². The van der Waals surface area contributed by atoms with Gasteiger partial charge in [-0.15, -0.1) is 11.3 Å². The van der Waals surface area contributed by atoms with E-state index >= 15 is 0 Å². The number of hydrogen-bond acceptors (Lipinski definition) is 5. The van der Waals surface area contributed by atoms with Crippen LogP contribution < -0.4 is 5.32 Å². The minimum Gasteiger partial charge on any atom is -0.379 e. The fraction of sp³-hybridized carbons (Fsp3) is 0.214. The fourth-order valence-corrected chi connectivity index (χ4v) is 2.65. The number of anilines is 1. The normalized spacial score (nSPS) is 10.7. The zero-order valence-electron chi connectivity index (χ0n) is 11.4. The predicted molar refractivity (Wildman–Crippen MR) is 80.3 cm³/mol. The maximum Gasteiger partial charge on any atom is 0.138 e. The lowest BCUT2D eigenvalue weighted by molar-refractivity contribution is 0.932. The Morgan fingerprint density at radius 3 is 2.70 bits per heavy atom. The molecule has 0 radical (unpaired) electrons. The van der Waals surface area contributed by atoms with E-state index in [1.54, 1.807) is 17.5 Å². The van der Waals surface area contributed by atoms with E-state index in [4.69, 9.17) is 0 Å². The molecular weight excluding hydrogens is 270 g/mol. The van der Waals surface area contributed by atoms with Crippen LogP contribution in [0, 0.1) is 13.8 Å². The Labute approximate surface area is 121 Å². The molecule has 0 unspecified atom stereocenters. The molecule has 1 N–H and O–H groups in total. The zero-order valence-corrected chi connectivity index (χ0v) is 12.2. The summed E-state index contributed by atoms with van der Waals surface area (Å²) in [5.74, 6) is 1.80. The lowest BCUT2D eigenvalue weighted by atomic mass is 10.3. The van der Waals surface area contributed by atoms with Gasteiger partial charge in [-0.3, -0.25) is 4.57 Å². The number of rotatable bonds is 4. The summed E-state index contributed by atoms with van der Waals surface area (Å²) in [7, 11) is 0. The van der Waals surface area contributed by atoms with Gasteiger partial charge in [-0.25, -0.2) is 15.0 Å². The molecule has 3 rings (SSSR count). The third-order valence-electron chi connectivity index (χ3n) is 3.12. The Kier molecular flexibility index (Phi) is 3.47. The van der Waals surface area contributed by atoms with Gasteiger partial charge in [0.15, 0.2) is 0 Å². The molecule has 0 saturated carbocycles. The molecule has 3 heterocycles. The van der Waals surface area contributed by atoms with Crippen LogP contribution in [0.3, 0.4) is 0 Å². The molecule has 0 amide bonds. The van der Waals surface area contributed by atoms with Crippen LogP contribution >= 0.6 is 11.3 Å². The summed E-state index contributed by atoms with van der Waals surface area (Å²) < 4.78 is 1.96. The summed E-state index contributed by atoms with van der Waals surface area (Å²) >= 11 is 1.67. The Morgan fingerprint density at radius 2 is 2.10 bits per heavy atom. The van der Waals surface area contributed by atoms with Crippen molar-refractivity contribution in [3.8, 4) is 5.82 Å². The third kappa shape index (κ3) is 2.55. The number of aryl methyl sites for hydroxylation is 2. The number of pyridine rings is 1. The smallest absolute Gasteiger partial charge is 0.138 e. The second-order valence-corrected chi connectivity index (χ2v) is 5.40. The van der Waals surface area contributed by atoms with Crippen molar-refractivity contribution in [3.63, 3.8) is 0 Å². The number of aromatic nitrogens is 4. The second-order valence-electron chi connectivity index (χ2n) is 4.46. The molecule has 0 bridgehead atoms. The predicted octanol–water partition coefficient (Wildman–Crippen LogP) is 2.95. The topological polar surface area (TPSA) is 55.6 Å². The first-order chi connectivity index (χ1) is 9.74. The summed E-state index contributed by atoms with van der Waals surface area (Å²) in [5, 5.41) is 3.36. The van der Waals surface area contributed by atoms with Crippen molar-refractivity contribution in [1.29, 1.82) is 0 Å². The molecule has 0 aliphatic carbocycles. The highest BCUT2D eigenvalue weighted by Gasteiger charge is 2.03. The van der Waals surface area contributed by atoms with Crippen molar-refractivity contribution in [2.75, 3.05) is 5.32 Å². The maximum absolute atomic E-state index is 4.45. The van der Waals surface area contributed by atoms with Gasteiger partial charge in [0.2, 0.25) is 0 Å². The summed E-state index contributed by atoms with van der Waals surface area (Å²) in [6, 6.07) is 4.01. The van der Waals surface area contributed by atoms with E-state index in [1.807, 2.05) is 48.5 Å². The van der Waals surface area contributed by atoms with Gasteiger partial charge in [0, 0.05) is 17.3 Å². The van der Waals surface area contributed by atoms with Gasteiger partial charge >= 0.3 is 0 Å². The second kappa shape index (κ2) is 5.42. The van der Waals surface area contributed by atoms with Crippen LogP contribution in [0.1, 0.15) is 16.4 Å². The van der Waals surface area contributed by atoms with Gasteiger partial charge < -0.3 is 5.32 Å². The van der Waals surface area contributed by atoms with E-state index in [0.717, 1.165) is 29.6 Å². The van der Waals surface area contributed by atoms with Crippen molar-refractivity contribution >= 4 is 17.0 Å². The van der Waals surface area contributed by atoms with E-state index in [1.165, 1.54) is 4.88 Å². The lowest BCUT2D eigenvalue weighted by Gasteiger charge is -2.07. The molecule has 0 aliphatic rings. The van der Waals surface area contributed by atoms with Gasteiger partial charge in [0.25, 0.3) is 0 Å². The summed E-state index contributed by atoms with van der Waals surface area (Å²) in [5.41, 5.74) is 3.95. The van der Waals surface area contributed by atoms with Gasteiger partial charge in [0.1, 0.15) is 11.6 Å². The molecule has 0 aliphatic heterocycles. The largest absolute Gasteiger partial charge is 0.379 e. The summed E-state index contributed by atoms with van der Waals surface area (Å²) in [6.07, 6.45) is 5.52. The van der Waals surface area contributed by atoms with Crippen molar-refractivity contribution in [1.82, 2.24) is 19.5 Å². The first-order valence-corrected chi connectivity index (χ1v) is 7.21. The first-order valence-electron chi connectivity index (χ1n) is 6.33. The molecule has 0 atom stereocenters. The number of nitrogens with zero attached hydrogens (tertiary/aromatic N) is 4. The first kappa shape index (κ1) is 12.8. The summed E-state index contributed by atoms with van der Waals surface area (Å²) in [4.78, 5) is 14.1. The van der Waals surface area contributed by atoms with Crippen molar-refractivity contribution in [2.24, 2.45) is 0 Å².